The molecule has 3 rings (SSSR count). The molecule has 0 aliphatic carbocycles. The van der Waals surface area contributed by atoms with Crippen LogP contribution in [0.4, 0.5) is 4.39 Å². The maximum Gasteiger partial charge on any atom is 0.230 e. The van der Waals surface area contributed by atoms with E-state index in [1.807, 2.05) is 0 Å². The van der Waals surface area contributed by atoms with Gasteiger partial charge in [-0.2, -0.15) is 0 Å². The van der Waals surface area contributed by atoms with Crippen LogP contribution >= 0.6 is 11.8 Å². The van der Waals surface area contributed by atoms with E-state index in [0.29, 0.717) is 29.7 Å². The number of nitrogens with two attached hydrogens (primary N) is 1. The number of benzene rings is 1. The molecule has 130 valence electrons. The van der Waals surface area contributed by atoms with E-state index in [1.165, 1.54) is 34.8 Å². The van der Waals surface area contributed by atoms with Crippen LogP contribution < -0.4 is 11.2 Å². The van der Waals surface area contributed by atoms with Crippen LogP contribution in [0.1, 0.15) is 5.56 Å². The molecule has 0 aliphatic heterocycles. The highest BCUT2D eigenvalue weighted by molar-refractivity contribution is 7.99. The van der Waals surface area contributed by atoms with Crippen LogP contribution in [0.5, 0.6) is 0 Å². The van der Waals surface area contributed by atoms with Gasteiger partial charge >= 0.3 is 0 Å². The fourth-order valence-electron chi connectivity index (χ4n) is 2.13. The van der Waals surface area contributed by atoms with Crippen molar-refractivity contribution in [1.82, 2.24) is 20.2 Å². The Kier molecular flexibility index (Phi) is 5.34. The highest BCUT2D eigenvalue weighted by Crippen LogP contribution is 2.21. The normalized spacial score (nSPS) is 10.8. The Bertz CT molecular complexity index is 833. The second kappa shape index (κ2) is 7.84. The van der Waals surface area contributed by atoms with Gasteiger partial charge in [-0.25, -0.2) is 9.07 Å². The molecule has 1 amide bonds. The van der Waals surface area contributed by atoms with Crippen LogP contribution in [-0.2, 0) is 11.2 Å². The number of aromatic nitrogens is 3. The van der Waals surface area contributed by atoms with Gasteiger partial charge in [0.25, 0.3) is 0 Å². The van der Waals surface area contributed by atoms with E-state index < -0.39 is 0 Å². The summed E-state index contributed by atoms with van der Waals surface area (Å²) >= 11 is 1.18. The van der Waals surface area contributed by atoms with Gasteiger partial charge in [0.1, 0.15) is 5.82 Å². The number of hydrogen-bond donors (Lipinski definition) is 2. The van der Waals surface area contributed by atoms with E-state index in [4.69, 9.17) is 10.3 Å². The van der Waals surface area contributed by atoms with Crippen LogP contribution in [0, 0.1) is 5.82 Å². The third kappa shape index (κ3) is 4.38. The molecule has 3 N–H and O–H groups in total. The molecule has 3 aromatic rings. The number of rotatable bonds is 7. The lowest BCUT2D eigenvalue weighted by atomic mass is 10.1. The Balaban J connectivity index is 1.45. The van der Waals surface area contributed by atoms with E-state index >= 15 is 0 Å². The van der Waals surface area contributed by atoms with E-state index in [2.05, 4.69) is 15.5 Å². The smallest absolute Gasteiger partial charge is 0.230 e. The lowest BCUT2D eigenvalue weighted by molar-refractivity contribution is -0.118. The third-order valence-corrected chi connectivity index (χ3v) is 4.33. The average Bonchev–Trinajstić information content (AvgIpc) is 3.24. The zero-order chi connectivity index (χ0) is 17.6. The van der Waals surface area contributed by atoms with Gasteiger partial charge in [-0.05, 0) is 36.2 Å². The predicted octanol–water partition coefficient (Wildman–Crippen LogP) is 1.84. The monoisotopic (exact) mass is 361 g/mol. The van der Waals surface area contributed by atoms with Crippen molar-refractivity contribution in [2.24, 2.45) is 0 Å². The highest BCUT2D eigenvalue weighted by atomic mass is 32.2. The molecule has 2 heterocycles. The molecule has 0 radical (unpaired) electrons. The van der Waals surface area contributed by atoms with E-state index in [0.717, 1.165) is 5.56 Å². The molecule has 0 aliphatic rings. The second-order valence-electron chi connectivity index (χ2n) is 5.17. The summed E-state index contributed by atoms with van der Waals surface area (Å²) < 4.78 is 19.3. The minimum atomic E-state index is -0.274. The number of hydrogen-bond acceptors (Lipinski definition) is 6. The lowest BCUT2D eigenvalue weighted by Crippen LogP contribution is -2.27. The first-order valence-corrected chi connectivity index (χ1v) is 8.50. The molecule has 0 saturated heterocycles. The van der Waals surface area contributed by atoms with E-state index in [-0.39, 0.29) is 17.5 Å². The molecular formula is C16H16FN5O2S. The van der Waals surface area contributed by atoms with Crippen molar-refractivity contribution >= 4 is 17.7 Å². The molecule has 7 nitrogen and oxygen atoms in total. The highest BCUT2D eigenvalue weighted by Gasteiger charge is 2.15. The zero-order valence-electron chi connectivity index (χ0n) is 13.2. The molecule has 25 heavy (non-hydrogen) atoms. The van der Waals surface area contributed by atoms with Crippen LogP contribution in [0.2, 0.25) is 0 Å². The van der Waals surface area contributed by atoms with E-state index in [1.54, 1.807) is 24.3 Å². The molecule has 0 fully saturated rings. The fraction of sp³-hybridized carbons (Fsp3) is 0.188. The first-order valence-electron chi connectivity index (χ1n) is 7.52. The van der Waals surface area contributed by atoms with Crippen LogP contribution in [-0.4, -0.2) is 33.1 Å². The number of amides is 1. The summed E-state index contributed by atoms with van der Waals surface area (Å²) in [7, 11) is 0. The van der Waals surface area contributed by atoms with Gasteiger partial charge < -0.3 is 15.6 Å². The number of thioether (sulfide) groups is 1. The second-order valence-corrected chi connectivity index (χ2v) is 6.11. The summed E-state index contributed by atoms with van der Waals surface area (Å²) in [6.45, 7) is 0.470. The summed E-state index contributed by atoms with van der Waals surface area (Å²) in [5.74, 6) is 6.56. The number of carbonyl (C=O) groups is 1. The van der Waals surface area contributed by atoms with Crippen molar-refractivity contribution < 1.29 is 13.6 Å². The Labute approximate surface area is 147 Å². The van der Waals surface area contributed by atoms with Crippen molar-refractivity contribution in [3.8, 4) is 11.6 Å². The van der Waals surface area contributed by atoms with Gasteiger partial charge in [0, 0.05) is 6.54 Å². The summed E-state index contributed by atoms with van der Waals surface area (Å²) in [6.07, 6.45) is 2.15. The third-order valence-electron chi connectivity index (χ3n) is 3.39. The Morgan fingerprint density at radius 1 is 1.28 bits per heavy atom. The molecule has 0 spiro atoms. The van der Waals surface area contributed by atoms with Gasteiger partial charge in [0.2, 0.25) is 16.9 Å². The van der Waals surface area contributed by atoms with Gasteiger partial charge in [-0.15, -0.1) is 10.2 Å². The molecule has 0 saturated carbocycles. The molecule has 0 unspecified atom stereocenters. The summed E-state index contributed by atoms with van der Waals surface area (Å²) in [6, 6.07) is 9.65. The topological polar surface area (TPSA) is 99.0 Å². The molecular weight excluding hydrogens is 345 g/mol. The maximum absolute atomic E-state index is 12.8. The predicted molar refractivity (Wildman–Crippen MR) is 91.7 cm³/mol. The molecule has 0 atom stereocenters. The summed E-state index contributed by atoms with van der Waals surface area (Å²) in [5.41, 5.74) is 0.958. The molecule has 9 heteroatoms. The fourth-order valence-corrected chi connectivity index (χ4v) is 2.81. The van der Waals surface area contributed by atoms with Crippen molar-refractivity contribution in [2.75, 3.05) is 18.1 Å². The van der Waals surface area contributed by atoms with Crippen LogP contribution in [0.3, 0.4) is 0 Å². The number of nitrogens with zero attached hydrogens (tertiary/aromatic N) is 3. The molecule has 2 aromatic heterocycles. The standard InChI is InChI=1S/C16H16FN5O2S/c17-12-5-3-11(4-6-12)7-8-19-14(23)10-25-16-21-20-15(22(16)18)13-2-1-9-24-13/h1-6,9H,7-8,10,18H2,(H,19,23). The van der Waals surface area contributed by atoms with Gasteiger partial charge in [0.15, 0.2) is 5.76 Å². The molecule has 1 aromatic carbocycles. The summed E-state index contributed by atoms with van der Waals surface area (Å²) in [5, 5.41) is 11.1. The minimum absolute atomic E-state index is 0.144. The van der Waals surface area contributed by atoms with E-state index in [9.17, 15) is 9.18 Å². The SMILES string of the molecule is Nn1c(SCC(=O)NCCc2ccc(F)cc2)nnc1-c1ccco1. The Morgan fingerprint density at radius 2 is 2.08 bits per heavy atom. The van der Waals surface area contributed by atoms with Crippen molar-refractivity contribution in [2.45, 2.75) is 11.6 Å². The average molecular weight is 361 g/mol. The molecule has 0 bridgehead atoms. The Morgan fingerprint density at radius 3 is 2.80 bits per heavy atom. The Hall–Kier alpha value is -2.81. The number of nitrogen functional groups attached to an aromatic ring is 1. The van der Waals surface area contributed by atoms with Crippen LogP contribution in [0.15, 0.2) is 52.2 Å². The van der Waals surface area contributed by atoms with Crippen molar-refractivity contribution in [3.05, 3.63) is 54.0 Å². The number of halogens is 1. The van der Waals surface area contributed by atoms with Crippen molar-refractivity contribution in [3.63, 3.8) is 0 Å². The minimum Gasteiger partial charge on any atom is -0.461 e. The van der Waals surface area contributed by atoms with Gasteiger partial charge in [-0.3, -0.25) is 4.79 Å². The largest absolute Gasteiger partial charge is 0.461 e. The van der Waals surface area contributed by atoms with Crippen LogP contribution in [0.25, 0.3) is 11.6 Å². The van der Waals surface area contributed by atoms with Gasteiger partial charge in [-0.1, -0.05) is 23.9 Å². The lowest BCUT2D eigenvalue weighted by Gasteiger charge is -2.05. The first-order chi connectivity index (χ1) is 12.1. The maximum atomic E-state index is 12.8. The van der Waals surface area contributed by atoms with Gasteiger partial charge in [0.05, 0.1) is 12.0 Å². The quantitative estimate of drug-likeness (QED) is 0.492. The number of carbonyl (C=O) groups excluding carboxylic acids is 1. The van der Waals surface area contributed by atoms with Crippen molar-refractivity contribution in [1.29, 1.82) is 0 Å². The summed E-state index contributed by atoms with van der Waals surface area (Å²) in [4.78, 5) is 11.9. The number of furan rings is 1. The zero-order valence-corrected chi connectivity index (χ0v) is 14.0. The first kappa shape index (κ1) is 17.0. The number of nitrogens with one attached hydrogen (secondary N) is 1.